The zero-order chi connectivity index (χ0) is 27.2. The number of esters is 1. The first-order chi connectivity index (χ1) is 18.4. The first kappa shape index (κ1) is 27.4. The number of rotatable bonds is 10. The zero-order valence-electron chi connectivity index (χ0n) is 21.2. The molecule has 1 aliphatic rings. The molecule has 0 aliphatic carbocycles. The van der Waals surface area contributed by atoms with Crippen LogP contribution >= 0.6 is 22.9 Å². The third-order valence-electron chi connectivity index (χ3n) is 5.81. The summed E-state index contributed by atoms with van der Waals surface area (Å²) in [4.78, 5) is 32.1. The second-order valence-electron chi connectivity index (χ2n) is 8.24. The predicted octanol–water partition coefficient (Wildman–Crippen LogP) is 3.65. The summed E-state index contributed by atoms with van der Waals surface area (Å²) in [5.74, 6) is 0.461. The fourth-order valence-electron chi connectivity index (χ4n) is 4.08. The van der Waals surface area contributed by atoms with Crippen LogP contribution < -0.4 is 24.4 Å². The minimum atomic E-state index is -0.748. The van der Waals surface area contributed by atoms with E-state index >= 15 is 0 Å². The van der Waals surface area contributed by atoms with Crippen LogP contribution in [0.3, 0.4) is 0 Å². The number of carbonyl (C=O) groups excluding carboxylic acids is 1. The van der Waals surface area contributed by atoms with Gasteiger partial charge in [-0.2, -0.15) is 0 Å². The number of hydrogen-bond donors (Lipinski definition) is 0. The second kappa shape index (κ2) is 12.3. The summed E-state index contributed by atoms with van der Waals surface area (Å²) in [7, 11) is 3.08. The Morgan fingerprint density at radius 1 is 1.18 bits per heavy atom. The van der Waals surface area contributed by atoms with E-state index in [-0.39, 0.29) is 31.0 Å². The highest BCUT2D eigenvalue weighted by molar-refractivity contribution is 7.07. The molecule has 0 spiro atoms. The maximum atomic E-state index is 13.9. The number of halogens is 1. The highest BCUT2D eigenvalue weighted by Crippen LogP contribution is 2.33. The van der Waals surface area contributed by atoms with E-state index in [2.05, 4.69) is 11.6 Å². The molecule has 38 heavy (non-hydrogen) atoms. The van der Waals surface area contributed by atoms with Crippen LogP contribution in [0.5, 0.6) is 11.5 Å². The Bertz CT molecular complexity index is 1560. The Labute approximate surface area is 228 Å². The molecule has 0 radical (unpaired) electrons. The smallest absolute Gasteiger partial charge is 0.338 e. The van der Waals surface area contributed by atoms with Gasteiger partial charge >= 0.3 is 5.97 Å². The van der Waals surface area contributed by atoms with E-state index in [1.54, 1.807) is 56.5 Å². The summed E-state index contributed by atoms with van der Waals surface area (Å²) in [5, 5.41) is 0.538. The van der Waals surface area contributed by atoms with Crippen LogP contribution in [0.4, 0.5) is 0 Å². The molecular formula is C28H27ClN2O6S. The minimum Gasteiger partial charge on any atom is -0.493 e. The molecule has 3 aromatic rings. The highest BCUT2D eigenvalue weighted by atomic mass is 35.5. The van der Waals surface area contributed by atoms with Crippen molar-refractivity contribution in [1.82, 2.24) is 4.57 Å². The number of methoxy groups -OCH3 is 2. The molecule has 0 amide bonds. The summed E-state index contributed by atoms with van der Waals surface area (Å²) >= 11 is 7.35. The first-order valence-electron chi connectivity index (χ1n) is 11.7. The van der Waals surface area contributed by atoms with Gasteiger partial charge in [0.1, 0.15) is 13.2 Å². The third-order valence-corrected chi connectivity index (χ3v) is 7.04. The van der Waals surface area contributed by atoms with Crippen LogP contribution in [0.15, 0.2) is 76.2 Å². The Kier molecular flexibility index (Phi) is 8.83. The predicted molar refractivity (Wildman–Crippen MR) is 147 cm³/mol. The Morgan fingerprint density at radius 3 is 2.63 bits per heavy atom. The summed E-state index contributed by atoms with van der Waals surface area (Å²) in [6.07, 6.45) is 3.37. The van der Waals surface area contributed by atoms with Gasteiger partial charge in [-0.1, -0.05) is 59.9 Å². The molecule has 198 valence electrons. The van der Waals surface area contributed by atoms with Gasteiger partial charge in [-0.15, -0.1) is 0 Å². The first-order valence-corrected chi connectivity index (χ1v) is 12.9. The number of ether oxygens (including phenoxy) is 4. The molecule has 0 fully saturated rings. The molecule has 4 rings (SSSR count). The lowest BCUT2D eigenvalue weighted by molar-refractivity contribution is -0.140. The number of fused-ring (bicyclic) bond motifs is 1. The van der Waals surface area contributed by atoms with Crippen LogP contribution in [-0.4, -0.2) is 44.6 Å². The number of thiazole rings is 1. The van der Waals surface area contributed by atoms with Crippen LogP contribution in [0.25, 0.3) is 6.08 Å². The largest absolute Gasteiger partial charge is 0.493 e. The quantitative estimate of drug-likeness (QED) is 0.216. The molecule has 1 aromatic heterocycles. The number of benzene rings is 2. The van der Waals surface area contributed by atoms with Gasteiger partial charge in [-0.05, 0) is 36.8 Å². The second-order valence-corrected chi connectivity index (χ2v) is 9.69. The van der Waals surface area contributed by atoms with Crippen molar-refractivity contribution in [3.8, 4) is 11.5 Å². The van der Waals surface area contributed by atoms with Crippen LogP contribution in [0.2, 0.25) is 5.02 Å². The SMILES string of the molecule is C=CCOc1c(C=c2sc3n(c2=O)C(c2ccc(Cl)cc2)C(C(=O)OCCOC)=C(C)N=3)cccc1OC. The molecule has 1 aliphatic heterocycles. The van der Waals surface area contributed by atoms with E-state index < -0.39 is 12.0 Å². The van der Waals surface area contributed by atoms with E-state index in [9.17, 15) is 9.59 Å². The van der Waals surface area contributed by atoms with Crippen molar-refractivity contribution in [2.24, 2.45) is 4.99 Å². The van der Waals surface area contributed by atoms with Crippen LogP contribution in [0, 0.1) is 0 Å². The summed E-state index contributed by atoms with van der Waals surface area (Å²) in [5.41, 5.74) is 1.80. The number of hydrogen-bond acceptors (Lipinski definition) is 8. The van der Waals surface area contributed by atoms with Crippen molar-refractivity contribution in [1.29, 1.82) is 0 Å². The standard InChI is InChI=1S/C28H27ClN2O6S/c1-5-13-36-25-19(7-6-8-21(25)35-4)16-22-26(32)31-24(18-9-11-20(29)12-10-18)23(17(2)30-28(31)38-22)27(33)37-15-14-34-3/h5-12,16,24H,1,13-15H2,2-4H3. The fraction of sp³-hybridized carbons (Fsp3) is 0.250. The van der Waals surface area contributed by atoms with E-state index in [0.717, 1.165) is 0 Å². The monoisotopic (exact) mass is 554 g/mol. The van der Waals surface area contributed by atoms with Crippen molar-refractivity contribution >= 4 is 35.0 Å². The van der Waals surface area contributed by atoms with Gasteiger partial charge in [-0.3, -0.25) is 9.36 Å². The lowest BCUT2D eigenvalue weighted by Crippen LogP contribution is -2.40. The summed E-state index contributed by atoms with van der Waals surface area (Å²) in [6.45, 7) is 6.03. The van der Waals surface area contributed by atoms with Gasteiger partial charge in [0.15, 0.2) is 16.3 Å². The number of nitrogens with zero attached hydrogens (tertiary/aromatic N) is 2. The lowest BCUT2D eigenvalue weighted by atomic mass is 9.96. The Morgan fingerprint density at radius 2 is 1.95 bits per heavy atom. The molecule has 0 N–H and O–H groups in total. The average Bonchev–Trinajstić information content (AvgIpc) is 3.21. The topological polar surface area (TPSA) is 88.4 Å². The number of aromatic nitrogens is 1. The molecule has 0 saturated carbocycles. The molecule has 0 bridgehead atoms. The van der Waals surface area contributed by atoms with Crippen LogP contribution in [-0.2, 0) is 14.3 Å². The maximum Gasteiger partial charge on any atom is 0.338 e. The Hall–Kier alpha value is -3.66. The van der Waals surface area contributed by atoms with Crippen molar-refractivity contribution in [3.63, 3.8) is 0 Å². The number of para-hydroxylation sites is 1. The van der Waals surface area contributed by atoms with Crippen molar-refractivity contribution in [3.05, 3.63) is 102 Å². The summed E-state index contributed by atoms with van der Waals surface area (Å²) < 4.78 is 23.7. The van der Waals surface area contributed by atoms with E-state index in [0.29, 0.717) is 42.7 Å². The lowest BCUT2D eigenvalue weighted by Gasteiger charge is -2.24. The van der Waals surface area contributed by atoms with Crippen molar-refractivity contribution in [2.45, 2.75) is 13.0 Å². The molecule has 2 aromatic carbocycles. The average molecular weight is 555 g/mol. The third kappa shape index (κ3) is 5.60. The number of allylic oxidation sites excluding steroid dienone is 1. The van der Waals surface area contributed by atoms with Gasteiger partial charge in [-0.25, -0.2) is 9.79 Å². The maximum absolute atomic E-state index is 13.9. The van der Waals surface area contributed by atoms with Gasteiger partial charge in [0, 0.05) is 17.7 Å². The zero-order valence-corrected chi connectivity index (χ0v) is 22.8. The van der Waals surface area contributed by atoms with Crippen molar-refractivity contribution in [2.75, 3.05) is 34.0 Å². The van der Waals surface area contributed by atoms with E-state index in [1.807, 2.05) is 12.1 Å². The van der Waals surface area contributed by atoms with Gasteiger partial charge in [0.05, 0.1) is 35.6 Å². The van der Waals surface area contributed by atoms with E-state index in [1.165, 1.54) is 23.0 Å². The van der Waals surface area contributed by atoms with E-state index in [4.69, 9.17) is 30.5 Å². The molecular weight excluding hydrogens is 528 g/mol. The Balaban J connectivity index is 1.89. The fourth-order valence-corrected chi connectivity index (χ4v) is 5.25. The molecule has 1 unspecified atom stereocenters. The summed E-state index contributed by atoms with van der Waals surface area (Å²) in [6, 6.07) is 11.7. The highest BCUT2D eigenvalue weighted by Gasteiger charge is 2.33. The molecule has 2 heterocycles. The molecule has 1 atom stereocenters. The van der Waals surface area contributed by atoms with Crippen LogP contribution in [0.1, 0.15) is 24.1 Å². The van der Waals surface area contributed by atoms with Gasteiger partial charge in [0.25, 0.3) is 5.56 Å². The molecule has 0 saturated heterocycles. The van der Waals surface area contributed by atoms with Gasteiger partial charge in [0.2, 0.25) is 0 Å². The normalized spacial score (nSPS) is 15.1. The minimum absolute atomic E-state index is 0.0766. The number of carbonyl (C=O) groups is 1. The van der Waals surface area contributed by atoms with Crippen molar-refractivity contribution < 1.29 is 23.7 Å². The van der Waals surface area contributed by atoms with Gasteiger partial charge < -0.3 is 18.9 Å². The molecule has 10 heteroatoms. The molecule has 8 nitrogen and oxygen atoms in total.